The van der Waals surface area contributed by atoms with Crippen LogP contribution in [0, 0.1) is 4.77 Å². The molecular formula is C13H20N2OSSi. The van der Waals surface area contributed by atoms with E-state index in [9.17, 15) is 0 Å². The average Bonchev–Trinajstić information content (AvgIpc) is 2.57. The van der Waals surface area contributed by atoms with Crippen LogP contribution < -0.4 is 4.43 Å². The van der Waals surface area contributed by atoms with E-state index < -0.39 is 8.32 Å². The first-order chi connectivity index (χ1) is 8.21. The van der Waals surface area contributed by atoms with Gasteiger partial charge in [-0.2, -0.15) is 0 Å². The molecule has 1 aromatic heterocycles. The molecule has 2 N–H and O–H groups in total. The Bertz CT molecular complexity index is 622. The van der Waals surface area contributed by atoms with Crippen LogP contribution in [0.25, 0.3) is 11.0 Å². The predicted octanol–water partition coefficient (Wildman–Crippen LogP) is 4.61. The number of hydrogen-bond acceptors (Lipinski definition) is 2. The summed E-state index contributed by atoms with van der Waals surface area (Å²) in [6.45, 7) is 11.2. The fourth-order valence-electron chi connectivity index (χ4n) is 1.54. The predicted molar refractivity (Wildman–Crippen MR) is 81.3 cm³/mol. The van der Waals surface area contributed by atoms with E-state index in [0.29, 0.717) is 4.77 Å². The Morgan fingerprint density at radius 1 is 1.17 bits per heavy atom. The van der Waals surface area contributed by atoms with E-state index in [4.69, 9.17) is 16.6 Å². The molecule has 0 aliphatic heterocycles. The zero-order chi connectivity index (χ0) is 13.6. The molecule has 3 nitrogen and oxygen atoms in total. The molecule has 0 atom stereocenters. The van der Waals surface area contributed by atoms with E-state index in [-0.39, 0.29) is 5.04 Å². The summed E-state index contributed by atoms with van der Waals surface area (Å²) in [6.07, 6.45) is 0. The Kier molecular flexibility index (Phi) is 3.15. The molecule has 1 aromatic carbocycles. The van der Waals surface area contributed by atoms with Crippen molar-refractivity contribution >= 4 is 31.6 Å². The quantitative estimate of drug-likeness (QED) is 0.623. The third-order valence-electron chi connectivity index (χ3n) is 3.68. The minimum absolute atomic E-state index is 0.183. The summed E-state index contributed by atoms with van der Waals surface area (Å²) in [5.74, 6) is 0.895. The van der Waals surface area contributed by atoms with Crippen LogP contribution in [0.2, 0.25) is 18.1 Å². The van der Waals surface area contributed by atoms with Crippen LogP contribution in [0.1, 0.15) is 20.8 Å². The van der Waals surface area contributed by atoms with Gasteiger partial charge in [0.1, 0.15) is 11.3 Å². The van der Waals surface area contributed by atoms with E-state index in [1.807, 2.05) is 18.2 Å². The number of para-hydroxylation sites is 1. The molecule has 5 heteroatoms. The van der Waals surface area contributed by atoms with Gasteiger partial charge in [-0.05, 0) is 42.5 Å². The third-order valence-corrected chi connectivity index (χ3v) is 8.23. The van der Waals surface area contributed by atoms with Crippen molar-refractivity contribution in [1.82, 2.24) is 9.97 Å². The topological polar surface area (TPSA) is 40.8 Å². The van der Waals surface area contributed by atoms with Crippen molar-refractivity contribution in [2.75, 3.05) is 0 Å². The van der Waals surface area contributed by atoms with Gasteiger partial charge in [0.2, 0.25) is 0 Å². The molecule has 2 rings (SSSR count). The molecule has 0 radical (unpaired) electrons. The third kappa shape index (κ3) is 2.37. The second-order valence-corrected chi connectivity index (χ2v) is 11.3. The Morgan fingerprint density at radius 2 is 1.83 bits per heavy atom. The van der Waals surface area contributed by atoms with E-state index in [0.717, 1.165) is 16.8 Å². The first-order valence-corrected chi connectivity index (χ1v) is 9.42. The summed E-state index contributed by atoms with van der Waals surface area (Å²) in [6, 6.07) is 5.99. The zero-order valence-corrected chi connectivity index (χ0v) is 13.4. The van der Waals surface area contributed by atoms with Crippen LogP contribution in [0.15, 0.2) is 18.2 Å². The molecule has 0 aliphatic rings. The van der Waals surface area contributed by atoms with Crippen LogP contribution in [-0.2, 0) is 0 Å². The van der Waals surface area contributed by atoms with E-state index in [2.05, 4.69) is 43.8 Å². The Balaban J connectivity index is 2.47. The monoisotopic (exact) mass is 280 g/mol. The molecule has 1 heterocycles. The van der Waals surface area contributed by atoms with Gasteiger partial charge in [0.25, 0.3) is 8.32 Å². The summed E-state index contributed by atoms with van der Waals surface area (Å²) in [5.41, 5.74) is 1.96. The lowest BCUT2D eigenvalue weighted by Crippen LogP contribution is -2.43. The maximum absolute atomic E-state index is 6.33. The van der Waals surface area contributed by atoms with Crippen LogP contribution in [0.5, 0.6) is 5.75 Å². The number of imidazole rings is 1. The maximum Gasteiger partial charge on any atom is 0.250 e. The summed E-state index contributed by atoms with van der Waals surface area (Å²) in [4.78, 5) is 6.28. The molecular weight excluding hydrogens is 260 g/mol. The number of H-pyrrole nitrogens is 2. The molecule has 0 amide bonds. The van der Waals surface area contributed by atoms with Gasteiger partial charge >= 0.3 is 0 Å². The number of aromatic amines is 2. The van der Waals surface area contributed by atoms with Crippen molar-refractivity contribution in [3.05, 3.63) is 23.0 Å². The molecule has 98 valence electrons. The molecule has 2 aromatic rings. The highest BCUT2D eigenvalue weighted by molar-refractivity contribution is 7.71. The van der Waals surface area contributed by atoms with Crippen molar-refractivity contribution in [3.63, 3.8) is 0 Å². The number of fused-ring (bicyclic) bond motifs is 1. The minimum atomic E-state index is -1.82. The molecule has 0 spiro atoms. The van der Waals surface area contributed by atoms with Crippen molar-refractivity contribution < 1.29 is 4.43 Å². The minimum Gasteiger partial charge on any atom is -0.542 e. The first-order valence-electron chi connectivity index (χ1n) is 6.11. The molecule has 0 saturated heterocycles. The SMILES string of the molecule is CC(C)(C)[Si](C)(C)Oc1cccc2[nH]c(=S)[nH]c12. The molecule has 0 fully saturated rings. The molecule has 0 bridgehead atoms. The summed E-state index contributed by atoms with van der Waals surface area (Å²) in [5, 5.41) is 0.183. The van der Waals surface area contributed by atoms with Crippen LogP contribution >= 0.6 is 12.2 Å². The van der Waals surface area contributed by atoms with Gasteiger partial charge in [-0.3, -0.25) is 0 Å². The van der Waals surface area contributed by atoms with Crippen LogP contribution in [0.3, 0.4) is 0 Å². The second kappa shape index (κ2) is 4.24. The van der Waals surface area contributed by atoms with Gasteiger partial charge in [0.15, 0.2) is 4.77 Å². The number of rotatable bonds is 2. The van der Waals surface area contributed by atoms with Gasteiger partial charge < -0.3 is 14.4 Å². The van der Waals surface area contributed by atoms with Crippen molar-refractivity contribution in [2.45, 2.75) is 38.9 Å². The first kappa shape index (κ1) is 13.4. The Labute approximate surface area is 114 Å². The number of aromatic nitrogens is 2. The standard InChI is InChI=1S/C13H20N2OSSi/c1-13(2,3)18(4,5)16-10-8-6-7-9-11(10)15-12(17)14-9/h6-8H,1-5H3,(H2,14,15,17). The van der Waals surface area contributed by atoms with Gasteiger partial charge in [0.05, 0.1) is 5.52 Å². The Morgan fingerprint density at radius 3 is 2.44 bits per heavy atom. The molecule has 0 saturated carbocycles. The van der Waals surface area contributed by atoms with E-state index in [1.54, 1.807) is 0 Å². The lowest BCUT2D eigenvalue weighted by Gasteiger charge is -2.36. The fourth-order valence-corrected chi connectivity index (χ4v) is 2.78. The highest BCUT2D eigenvalue weighted by Gasteiger charge is 2.39. The highest BCUT2D eigenvalue weighted by Crippen LogP contribution is 2.38. The largest absolute Gasteiger partial charge is 0.542 e. The summed E-state index contributed by atoms with van der Waals surface area (Å²) >= 11 is 5.13. The molecule has 0 unspecified atom stereocenters. The van der Waals surface area contributed by atoms with Crippen molar-refractivity contribution in [3.8, 4) is 5.75 Å². The second-order valence-electron chi connectivity index (χ2n) is 6.12. The van der Waals surface area contributed by atoms with Gasteiger partial charge in [0, 0.05) is 0 Å². The average molecular weight is 280 g/mol. The zero-order valence-electron chi connectivity index (χ0n) is 11.5. The fraction of sp³-hybridized carbons (Fsp3) is 0.462. The number of nitrogens with one attached hydrogen (secondary N) is 2. The normalized spacial score (nSPS) is 12.9. The number of hydrogen-bond donors (Lipinski definition) is 2. The highest BCUT2D eigenvalue weighted by atomic mass is 32.1. The smallest absolute Gasteiger partial charge is 0.250 e. The lowest BCUT2D eigenvalue weighted by atomic mass is 10.2. The van der Waals surface area contributed by atoms with Crippen LogP contribution in [0.4, 0.5) is 0 Å². The van der Waals surface area contributed by atoms with Gasteiger partial charge in [-0.15, -0.1) is 0 Å². The maximum atomic E-state index is 6.33. The lowest BCUT2D eigenvalue weighted by molar-refractivity contribution is 0.496. The Hall–Kier alpha value is -1.07. The van der Waals surface area contributed by atoms with Gasteiger partial charge in [-0.25, -0.2) is 0 Å². The van der Waals surface area contributed by atoms with E-state index in [1.165, 1.54) is 0 Å². The molecule has 18 heavy (non-hydrogen) atoms. The number of benzene rings is 1. The van der Waals surface area contributed by atoms with Crippen molar-refractivity contribution in [2.24, 2.45) is 0 Å². The van der Waals surface area contributed by atoms with Crippen molar-refractivity contribution in [1.29, 1.82) is 0 Å². The van der Waals surface area contributed by atoms with Gasteiger partial charge in [-0.1, -0.05) is 26.8 Å². The summed E-state index contributed by atoms with van der Waals surface area (Å²) in [7, 11) is -1.82. The van der Waals surface area contributed by atoms with Crippen LogP contribution in [-0.4, -0.2) is 18.3 Å². The summed E-state index contributed by atoms with van der Waals surface area (Å²) < 4.78 is 6.97. The molecule has 0 aliphatic carbocycles. The van der Waals surface area contributed by atoms with E-state index >= 15 is 0 Å².